The molecule has 0 radical (unpaired) electrons. The molecule has 1 aromatic heterocycles. The van der Waals surface area contributed by atoms with E-state index in [9.17, 15) is 13.5 Å². The number of pyridine rings is 1. The quantitative estimate of drug-likeness (QED) is 0.441. The van der Waals surface area contributed by atoms with Crippen LogP contribution in [0.2, 0.25) is 0 Å². The largest absolute Gasteiger partial charge is 0.384 e. The summed E-state index contributed by atoms with van der Waals surface area (Å²) in [5.74, 6) is 0.377. The monoisotopic (exact) mass is 472 g/mol. The van der Waals surface area contributed by atoms with Crippen molar-refractivity contribution in [3.8, 4) is 0 Å². The van der Waals surface area contributed by atoms with Gasteiger partial charge in [0.25, 0.3) is 0 Å². The third-order valence-corrected chi connectivity index (χ3v) is 8.40. The van der Waals surface area contributed by atoms with Crippen molar-refractivity contribution in [3.05, 3.63) is 59.4 Å². The fourth-order valence-electron chi connectivity index (χ4n) is 4.39. The van der Waals surface area contributed by atoms with Crippen LogP contribution in [0.25, 0.3) is 10.9 Å². The maximum atomic E-state index is 13.8. The number of nitrogens with zero attached hydrogens (tertiary/aromatic N) is 2. The number of ether oxygens (including phenoxy) is 1. The summed E-state index contributed by atoms with van der Waals surface area (Å²) in [7, 11) is -3.08. The van der Waals surface area contributed by atoms with E-state index in [1.807, 2.05) is 30.0 Å². The van der Waals surface area contributed by atoms with Gasteiger partial charge >= 0.3 is 0 Å². The topological polar surface area (TPSA) is 104 Å². The van der Waals surface area contributed by atoms with Gasteiger partial charge in [0.1, 0.15) is 11.6 Å². The Morgan fingerprint density at radius 1 is 1.21 bits per heavy atom. The third kappa shape index (κ3) is 4.27. The van der Waals surface area contributed by atoms with Gasteiger partial charge in [-0.05, 0) is 36.8 Å². The molecular formula is C24H29FN4O3S. The predicted octanol–water partition coefficient (Wildman–Crippen LogP) is 4.20. The number of hydrogen-bond acceptors (Lipinski definition) is 7. The Morgan fingerprint density at radius 2 is 2.03 bits per heavy atom. The number of rotatable bonds is 5. The third-order valence-electron chi connectivity index (χ3n) is 6.57. The molecule has 33 heavy (non-hydrogen) atoms. The normalized spacial score (nSPS) is 20.0. The van der Waals surface area contributed by atoms with Crippen molar-refractivity contribution in [2.24, 2.45) is 11.1 Å². The second-order valence-corrected chi connectivity index (χ2v) is 11.3. The zero-order valence-electron chi connectivity index (χ0n) is 18.6. The van der Waals surface area contributed by atoms with E-state index >= 15 is 0 Å². The molecular weight excluding hydrogens is 443 g/mol. The number of nitrogens with two attached hydrogens (primary N) is 1. The number of aromatic nitrogens is 1. The van der Waals surface area contributed by atoms with Crippen LogP contribution in [0.4, 0.5) is 15.9 Å². The Morgan fingerprint density at radius 3 is 2.76 bits per heavy atom. The standard InChI is InChI=1S/C24H29FN4O3S/c1-16-2-5-20-19(8-16)21(27-13-24(12-26)14-32-15-24)10-23(28-20)29-6-7-33(30,31)22-9-18(25)4-3-17(22)11-29/h2-5,8-10,30-31H,6-7,11-15,26H2,1H3,(H,27,28). The minimum absolute atomic E-state index is 0.0675. The molecule has 1 fully saturated rings. The van der Waals surface area contributed by atoms with Crippen molar-refractivity contribution in [2.75, 3.05) is 48.8 Å². The van der Waals surface area contributed by atoms with E-state index in [0.29, 0.717) is 45.0 Å². The van der Waals surface area contributed by atoms with E-state index in [-0.39, 0.29) is 16.1 Å². The highest BCUT2D eigenvalue weighted by atomic mass is 32.3. The van der Waals surface area contributed by atoms with Crippen LogP contribution in [0.5, 0.6) is 0 Å². The molecule has 5 N–H and O–H groups in total. The second-order valence-electron chi connectivity index (χ2n) is 9.14. The molecule has 0 atom stereocenters. The van der Waals surface area contributed by atoms with E-state index in [2.05, 4.69) is 11.4 Å². The van der Waals surface area contributed by atoms with Gasteiger partial charge in [-0.3, -0.25) is 9.11 Å². The molecule has 0 amide bonds. The minimum Gasteiger partial charge on any atom is -0.384 e. The van der Waals surface area contributed by atoms with Gasteiger partial charge < -0.3 is 20.7 Å². The molecule has 2 aliphatic heterocycles. The molecule has 0 unspecified atom stereocenters. The highest BCUT2D eigenvalue weighted by Gasteiger charge is 2.37. The van der Waals surface area contributed by atoms with Crippen LogP contribution < -0.4 is 16.0 Å². The summed E-state index contributed by atoms with van der Waals surface area (Å²) in [5.41, 5.74) is 9.57. The molecule has 0 spiro atoms. The number of hydrogen-bond donors (Lipinski definition) is 4. The fourth-order valence-corrected chi connectivity index (χ4v) is 5.94. The van der Waals surface area contributed by atoms with Crippen molar-refractivity contribution >= 4 is 33.0 Å². The molecule has 7 nitrogen and oxygen atoms in total. The van der Waals surface area contributed by atoms with Crippen LogP contribution in [0.3, 0.4) is 0 Å². The van der Waals surface area contributed by atoms with E-state index in [1.165, 1.54) is 12.1 Å². The maximum Gasteiger partial charge on any atom is 0.131 e. The Bertz CT molecular complexity index is 1200. The molecule has 2 aliphatic rings. The Labute approximate surface area is 194 Å². The summed E-state index contributed by atoms with van der Waals surface area (Å²) in [4.78, 5) is 7.20. The SMILES string of the molecule is Cc1ccc2nc(N3CCS(O)(O)c4cc(F)ccc4C3)cc(NCC3(CN)COC3)c2c1. The summed E-state index contributed by atoms with van der Waals surface area (Å²) >= 11 is 0. The van der Waals surface area contributed by atoms with E-state index in [1.54, 1.807) is 6.07 Å². The zero-order chi connectivity index (χ0) is 23.2. The minimum atomic E-state index is -3.08. The first kappa shape index (κ1) is 22.4. The smallest absolute Gasteiger partial charge is 0.131 e. The molecule has 0 saturated carbocycles. The Hall–Kier alpha value is -2.43. The Kier molecular flexibility index (Phi) is 5.70. The van der Waals surface area contributed by atoms with Gasteiger partial charge in [0.15, 0.2) is 0 Å². The van der Waals surface area contributed by atoms with E-state index in [0.717, 1.165) is 28.0 Å². The van der Waals surface area contributed by atoms with Crippen LogP contribution in [0.1, 0.15) is 11.1 Å². The highest BCUT2D eigenvalue weighted by Crippen LogP contribution is 2.51. The van der Waals surface area contributed by atoms with Crippen LogP contribution in [0.15, 0.2) is 47.4 Å². The van der Waals surface area contributed by atoms with Crippen molar-refractivity contribution in [1.82, 2.24) is 4.98 Å². The van der Waals surface area contributed by atoms with Gasteiger partial charge in [0.2, 0.25) is 0 Å². The molecule has 0 aliphatic carbocycles. The lowest BCUT2D eigenvalue weighted by Gasteiger charge is -2.40. The van der Waals surface area contributed by atoms with Crippen molar-refractivity contribution < 1.29 is 18.2 Å². The molecule has 2 aromatic carbocycles. The van der Waals surface area contributed by atoms with Crippen LogP contribution >= 0.6 is 10.6 Å². The second kappa shape index (κ2) is 8.41. The van der Waals surface area contributed by atoms with E-state index < -0.39 is 16.4 Å². The first-order valence-electron chi connectivity index (χ1n) is 11.0. The van der Waals surface area contributed by atoms with Gasteiger partial charge in [-0.1, -0.05) is 17.7 Å². The Balaban J connectivity index is 1.52. The first-order valence-corrected chi connectivity index (χ1v) is 12.7. The summed E-state index contributed by atoms with van der Waals surface area (Å²) in [6.45, 7) is 5.38. The molecule has 5 rings (SSSR count). The maximum absolute atomic E-state index is 13.8. The highest BCUT2D eigenvalue weighted by molar-refractivity contribution is 8.24. The summed E-state index contributed by atoms with van der Waals surface area (Å²) < 4.78 is 40.6. The van der Waals surface area contributed by atoms with Gasteiger partial charge in [0, 0.05) is 48.7 Å². The van der Waals surface area contributed by atoms with Gasteiger partial charge in [0.05, 0.1) is 29.4 Å². The number of halogens is 1. The molecule has 176 valence electrons. The molecule has 1 saturated heterocycles. The average molecular weight is 473 g/mol. The lowest BCUT2D eigenvalue weighted by atomic mass is 9.86. The van der Waals surface area contributed by atoms with Gasteiger partial charge in [-0.25, -0.2) is 9.37 Å². The van der Waals surface area contributed by atoms with Crippen LogP contribution in [0, 0.1) is 18.2 Å². The number of benzene rings is 2. The number of fused-ring (bicyclic) bond motifs is 2. The summed E-state index contributed by atoms with van der Waals surface area (Å²) in [6, 6.07) is 12.4. The lowest BCUT2D eigenvalue weighted by Crippen LogP contribution is -2.52. The van der Waals surface area contributed by atoms with Crippen LogP contribution in [-0.4, -0.2) is 52.7 Å². The molecule has 9 heteroatoms. The van der Waals surface area contributed by atoms with Gasteiger partial charge in [-0.2, -0.15) is 10.6 Å². The van der Waals surface area contributed by atoms with Crippen molar-refractivity contribution in [1.29, 1.82) is 0 Å². The van der Waals surface area contributed by atoms with Crippen molar-refractivity contribution in [2.45, 2.75) is 18.4 Å². The molecule has 3 aromatic rings. The average Bonchev–Trinajstić information content (AvgIpc) is 2.89. The number of anilines is 2. The predicted molar refractivity (Wildman–Crippen MR) is 131 cm³/mol. The fraction of sp³-hybridized carbons (Fsp3) is 0.375. The number of nitrogens with one attached hydrogen (secondary N) is 1. The summed E-state index contributed by atoms with van der Waals surface area (Å²) in [6.07, 6.45) is 0. The van der Waals surface area contributed by atoms with Gasteiger partial charge in [-0.15, -0.1) is 0 Å². The van der Waals surface area contributed by atoms with Crippen LogP contribution in [-0.2, 0) is 11.3 Å². The molecule has 3 heterocycles. The zero-order valence-corrected chi connectivity index (χ0v) is 19.4. The van der Waals surface area contributed by atoms with E-state index in [4.69, 9.17) is 15.5 Å². The lowest BCUT2D eigenvalue weighted by molar-refractivity contribution is -0.0979. The number of aryl methyl sites for hydroxylation is 1. The van der Waals surface area contributed by atoms with Crippen molar-refractivity contribution in [3.63, 3.8) is 0 Å². The molecule has 0 bridgehead atoms. The summed E-state index contributed by atoms with van der Waals surface area (Å²) in [5, 5.41) is 4.60. The first-order chi connectivity index (χ1) is 15.8.